The molecule has 0 fully saturated rings. The molecule has 0 aliphatic heterocycles. The molecule has 0 aliphatic carbocycles. The third kappa shape index (κ3) is 8.43. The predicted molar refractivity (Wildman–Crippen MR) is 62.6 cm³/mol. The van der Waals surface area contributed by atoms with Crippen LogP contribution in [0, 0.1) is 5.92 Å². The van der Waals surface area contributed by atoms with Crippen molar-refractivity contribution in [2.45, 2.75) is 52.4 Å². The second kappa shape index (κ2) is 9.97. The first-order chi connectivity index (χ1) is 7.24. The van der Waals surface area contributed by atoms with Crippen molar-refractivity contribution < 1.29 is 9.90 Å². The highest BCUT2D eigenvalue weighted by Crippen LogP contribution is 2.13. The average Bonchev–Trinajstić information content (AvgIpc) is 2.26. The van der Waals surface area contributed by atoms with Crippen LogP contribution in [0.15, 0.2) is 0 Å². The maximum absolute atomic E-state index is 10.9. The van der Waals surface area contributed by atoms with E-state index < -0.39 is 0 Å². The second-order valence-corrected chi connectivity index (χ2v) is 4.04. The molecule has 0 saturated heterocycles. The summed E-state index contributed by atoms with van der Waals surface area (Å²) >= 11 is 0. The van der Waals surface area contributed by atoms with Crippen LogP contribution in [0.3, 0.4) is 0 Å². The lowest BCUT2D eigenvalue weighted by Crippen LogP contribution is -2.23. The number of unbranched alkanes of at least 4 members (excludes halogenated alkanes) is 1. The van der Waals surface area contributed by atoms with Gasteiger partial charge >= 0.3 is 0 Å². The number of hydrogen-bond acceptors (Lipinski definition) is 2. The van der Waals surface area contributed by atoms with Gasteiger partial charge in [0.1, 0.15) is 0 Å². The summed E-state index contributed by atoms with van der Waals surface area (Å²) in [6.07, 6.45) is 6.00. The molecule has 0 spiro atoms. The van der Waals surface area contributed by atoms with Crippen LogP contribution in [0.4, 0.5) is 0 Å². The van der Waals surface area contributed by atoms with Crippen LogP contribution in [0.25, 0.3) is 0 Å². The van der Waals surface area contributed by atoms with E-state index in [2.05, 4.69) is 12.2 Å². The van der Waals surface area contributed by atoms with Gasteiger partial charge in [-0.25, -0.2) is 0 Å². The molecule has 1 atom stereocenters. The fourth-order valence-electron chi connectivity index (χ4n) is 1.65. The highest BCUT2D eigenvalue weighted by molar-refractivity contribution is 5.75. The van der Waals surface area contributed by atoms with Crippen molar-refractivity contribution in [3.8, 4) is 0 Å². The summed E-state index contributed by atoms with van der Waals surface area (Å²) in [4.78, 5) is 10.9. The van der Waals surface area contributed by atoms with E-state index in [-0.39, 0.29) is 5.91 Å². The lowest BCUT2D eigenvalue weighted by atomic mass is 9.98. The zero-order chi connectivity index (χ0) is 11.5. The van der Waals surface area contributed by atoms with Crippen molar-refractivity contribution in [3.63, 3.8) is 0 Å². The van der Waals surface area contributed by atoms with Gasteiger partial charge in [-0.15, -0.1) is 0 Å². The van der Waals surface area contributed by atoms with E-state index in [0.29, 0.717) is 18.9 Å². The number of aliphatic hydroxyl groups is 1. The van der Waals surface area contributed by atoms with Crippen molar-refractivity contribution in [1.82, 2.24) is 5.32 Å². The maximum atomic E-state index is 10.9. The molecule has 1 unspecified atom stereocenters. The molecule has 0 heterocycles. The van der Waals surface area contributed by atoms with Crippen LogP contribution >= 0.6 is 0 Å². The Bertz CT molecular complexity index is 160. The van der Waals surface area contributed by atoms with Gasteiger partial charge in [-0.1, -0.05) is 26.7 Å². The Morgan fingerprint density at radius 1 is 1.27 bits per heavy atom. The first-order valence-electron chi connectivity index (χ1n) is 6.12. The normalized spacial score (nSPS) is 12.5. The third-order valence-electron chi connectivity index (χ3n) is 2.64. The molecule has 15 heavy (non-hydrogen) atoms. The smallest absolute Gasteiger partial charge is 0.219 e. The molecule has 2 N–H and O–H groups in total. The average molecular weight is 215 g/mol. The van der Waals surface area contributed by atoms with Gasteiger partial charge in [0, 0.05) is 19.6 Å². The van der Waals surface area contributed by atoms with Crippen molar-refractivity contribution in [1.29, 1.82) is 0 Å². The minimum Gasteiger partial charge on any atom is -0.396 e. The Kier molecular flexibility index (Phi) is 9.59. The molecule has 0 aromatic heterocycles. The van der Waals surface area contributed by atoms with Gasteiger partial charge in [0.25, 0.3) is 0 Å². The summed E-state index contributed by atoms with van der Waals surface area (Å²) in [7, 11) is 0. The van der Waals surface area contributed by atoms with E-state index in [4.69, 9.17) is 5.11 Å². The topological polar surface area (TPSA) is 49.3 Å². The van der Waals surface area contributed by atoms with Gasteiger partial charge in [0.05, 0.1) is 0 Å². The summed E-state index contributed by atoms with van der Waals surface area (Å²) in [6, 6.07) is 0. The number of hydrogen-bond donors (Lipinski definition) is 2. The first-order valence-corrected chi connectivity index (χ1v) is 6.12. The Morgan fingerprint density at radius 3 is 2.53 bits per heavy atom. The molecule has 3 heteroatoms. The molecule has 0 radical (unpaired) electrons. The van der Waals surface area contributed by atoms with Crippen LogP contribution in [0.5, 0.6) is 0 Å². The molecule has 90 valence electrons. The Labute approximate surface area is 93.3 Å². The van der Waals surface area contributed by atoms with Gasteiger partial charge in [-0.2, -0.15) is 0 Å². The molecular formula is C12H25NO2. The van der Waals surface area contributed by atoms with Crippen molar-refractivity contribution in [2.75, 3.05) is 13.2 Å². The summed E-state index contributed by atoms with van der Waals surface area (Å²) in [6.45, 7) is 5.08. The monoisotopic (exact) mass is 215 g/mol. The highest BCUT2D eigenvalue weighted by Gasteiger charge is 2.05. The number of nitrogens with one attached hydrogen (secondary N) is 1. The number of amides is 1. The van der Waals surface area contributed by atoms with Crippen LogP contribution in [0.2, 0.25) is 0 Å². The first kappa shape index (κ1) is 14.4. The van der Waals surface area contributed by atoms with Gasteiger partial charge < -0.3 is 10.4 Å². The largest absolute Gasteiger partial charge is 0.396 e. The Hall–Kier alpha value is -0.570. The number of carbonyl (C=O) groups excluding carboxylic acids is 1. The third-order valence-corrected chi connectivity index (χ3v) is 2.64. The van der Waals surface area contributed by atoms with Gasteiger partial charge in [-0.05, 0) is 25.2 Å². The zero-order valence-electron chi connectivity index (χ0n) is 10.1. The number of carbonyl (C=O) groups is 1. The molecule has 3 nitrogen and oxygen atoms in total. The van der Waals surface area contributed by atoms with Gasteiger partial charge in [0.15, 0.2) is 0 Å². The number of aliphatic hydroxyl groups excluding tert-OH is 1. The van der Waals surface area contributed by atoms with Crippen molar-refractivity contribution in [3.05, 3.63) is 0 Å². The van der Waals surface area contributed by atoms with Crippen LogP contribution in [-0.4, -0.2) is 24.2 Å². The SMILES string of the molecule is CCCC(CO)CCCCNC(=O)CC. The second-order valence-electron chi connectivity index (χ2n) is 4.04. The van der Waals surface area contributed by atoms with Crippen LogP contribution in [0.1, 0.15) is 52.4 Å². The molecule has 0 rings (SSSR count). The lowest BCUT2D eigenvalue weighted by Gasteiger charge is -2.12. The maximum Gasteiger partial charge on any atom is 0.219 e. The summed E-state index contributed by atoms with van der Waals surface area (Å²) in [5.41, 5.74) is 0. The summed E-state index contributed by atoms with van der Waals surface area (Å²) in [5, 5.41) is 11.9. The van der Waals surface area contributed by atoms with E-state index >= 15 is 0 Å². The predicted octanol–water partition coefficient (Wildman–Crippen LogP) is 2.09. The van der Waals surface area contributed by atoms with Gasteiger partial charge in [0.2, 0.25) is 5.91 Å². The van der Waals surface area contributed by atoms with Gasteiger partial charge in [-0.3, -0.25) is 4.79 Å². The molecule has 0 aromatic rings. The molecule has 0 aliphatic rings. The quantitative estimate of drug-likeness (QED) is 0.579. The standard InChI is InChI=1S/C12H25NO2/c1-3-7-11(10-14)8-5-6-9-13-12(15)4-2/h11,14H,3-10H2,1-2H3,(H,13,15). The van der Waals surface area contributed by atoms with Crippen LogP contribution in [-0.2, 0) is 4.79 Å². The Balaban J connectivity index is 3.32. The molecule has 1 amide bonds. The summed E-state index contributed by atoms with van der Waals surface area (Å²) < 4.78 is 0. The lowest BCUT2D eigenvalue weighted by molar-refractivity contribution is -0.120. The van der Waals surface area contributed by atoms with E-state index in [1.165, 1.54) is 0 Å². The fourth-order valence-corrected chi connectivity index (χ4v) is 1.65. The molecule has 0 bridgehead atoms. The molecule has 0 saturated carbocycles. The minimum absolute atomic E-state index is 0.127. The fraction of sp³-hybridized carbons (Fsp3) is 0.917. The van der Waals surface area contributed by atoms with E-state index in [9.17, 15) is 4.79 Å². The molecular weight excluding hydrogens is 190 g/mol. The van der Waals surface area contributed by atoms with Crippen molar-refractivity contribution in [2.24, 2.45) is 5.92 Å². The minimum atomic E-state index is 0.127. The summed E-state index contributed by atoms with van der Waals surface area (Å²) in [5.74, 6) is 0.583. The Morgan fingerprint density at radius 2 is 2.00 bits per heavy atom. The zero-order valence-corrected chi connectivity index (χ0v) is 10.1. The van der Waals surface area contributed by atoms with Crippen LogP contribution < -0.4 is 5.32 Å². The highest BCUT2D eigenvalue weighted by atomic mass is 16.3. The molecule has 0 aromatic carbocycles. The van der Waals surface area contributed by atoms with E-state index in [1.54, 1.807) is 0 Å². The number of rotatable bonds is 9. The van der Waals surface area contributed by atoms with Crippen molar-refractivity contribution >= 4 is 5.91 Å². The van der Waals surface area contributed by atoms with E-state index in [0.717, 1.165) is 38.6 Å². The van der Waals surface area contributed by atoms with E-state index in [1.807, 2.05) is 6.92 Å².